The molecule has 0 amide bonds. The normalized spacial score (nSPS) is 16.6. The smallest absolute Gasteiger partial charge is 0.128 e. The molecular formula is C16H19FN2O. The fraction of sp³-hybridized carbons (Fsp3) is 0.375. The number of furan rings is 1. The van der Waals surface area contributed by atoms with E-state index >= 15 is 0 Å². The van der Waals surface area contributed by atoms with E-state index in [0.717, 1.165) is 18.6 Å². The van der Waals surface area contributed by atoms with Crippen molar-refractivity contribution < 1.29 is 8.81 Å². The Morgan fingerprint density at radius 1 is 1.25 bits per heavy atom. The average molecular weight is 274 g/mol. The molecule has 1 aromatic carbocycles. The Labute approximate surface area is 118 Å². The molecule has 106 valence electrons. The second kappa shape index (κ2) is 5.77. The monoisotopic (exact) mass is 274 g/mol. The molecule has 1 aliphatic rings. The highest BCUT2D eigenvalue weighted by Crippen LogP contribution is 2.36. The van der Waals surface area contributed by atoms with Crippen molar-refractivity contribution in [2.45, 2.75) is 31.5 Å². The Hall–Kier alpha value is -1.65. The molecular weight excluding hydrogens is 255 g/mol. The van der Waals surface area contributed by atoms with Crippen molar-refractivity contribution in [3.8, 4) is 0 Å². The summed E-state index contributed by atoms with van der Waals surface area (Å²) in [5, 5.41) is 0. The van der Waals surface area contributed by atoms with Crippen LogP contribution in [0, 0.1) is 5.82 Å². The van der Waals surface area contributed by atoms with Crippen LogP contribution in [0.3, 0.4) is 0 Å². The minimum atomic E-state index is -0.187. The zero-order valence-corrected chi connectivity index (χ0v) is 11.3. The molecule has 0 aliphatic heterocycles. The van der Waals surface area contributed by atoms with Crippen molar-refractivity contribution in [2.24, 2.45) is 5.73 Å². The van der Waals surface area contributed by atoms with Gasteiger partial charge in [0.25, 0.3) is 0 Å². The molecule has 0 radical (unpaired) electrons. The average Bonchev–Trinajstić information content (AvgIpc) is 3.18. The Balaban J connectivity index is 1.86. The van der Waals surface area contributed by atoms with Gasteiger partial charge in [0.2, 0.25) is 0 Å². The van der Waals surface area contributed by atoms with Crippen LogP contribution in [-0.4, -0.2) is 17.5 Å². The summed E-state index contributed by atoms with van der Waals surface area (Å²) in [6.07, 6.45) is 3.96. The van der Waals surface area contributed by atoms with E-state index in [1.165, 1.54) is 6.07 Å². The van der Waals surface area contributed by atoms with E-state index in [4.69, 9.17) is 10.2 Å². The molecule has 2 aromatic rings. The summed E-state index contributed by atoms with van der Waals surface area (Å²) in [6, 6.07) is 11.1. The van der Waals surface area contributed by atoms with Gasteiger partial charge in [0.15, 0.2) is 0 Å². The molecule has 1 aliphatic carbocycles. The molecule has 1 aromatic heterocycles. The van der Waals surface area contributed by atoms with Gasteiger partial charge < -0.3 is 10.2 Å². The first-order chi connectivity index (χ1) is 9.79. The lowest BCUT2D eigenvalue weighted by Gasteiger charge is -2.30. The standard InChI is InChI=1S/C16H19FN2O/c17-15-6-2-1-5-14(15)16(10-18)19(12-7-8-12)11-13-4-3-9-20-13/h1-6,9,12,16H,7-8,10-11,18H2. The molecule has 3 nitrogen and oxygen atoms in total. The van der Waals surface area contributed by atoms with Gasteiger partial charge in [-0.15, -0.1) is 0 Å². The molecule has 1 heterocycles. The molecule has 1 atom stereocenters. The first kappa shape index (κ1) is 13.3. The van der Waals surface area contributed by atoms with E-state index < -0.39 is 0 Å². The van der Waals surface area contributed by atoms with Crippen molar-refractivity contribution in [2.75, 3.05) is 6.54 Å². The largest absolute Gasteiger partial charge is 0.468 e. The molecule has 1 unspecified atom stereocenters. The third-order valence-corrected chi connectivity index (χ3v) is 3.82. The molecule has 1 fully saturated rings. The van der Waals surface area contributed by atoms with E-state index in [9.17, 15) is 4.39 Å². The molecule has 3 rings (SSSR count). The molecule has 2 N–H and O–H groups in total. The van der Waals surface area contributed by atoms with Crippen molar-refractivity contribution >= 4 is 0 Å². The number of benzene rings is 1. The highest BCUT2D eigenvalue weighted by Gasteiger charge is 2.35. The first-order valence-corrected chi connectivity index (χ1v) is 7.02. The summed E-state index contributed by atoms with van der Waals surface area (Å²) < 4.78 is 19.5. The van der Waals surface area contributed by atoms with Crippen LogP contribution in [0.4, 0.5) is 4.39 Å². The molecule has 0 saturated heterocycles. The van der Waals surface area contributed by atoms with Gasteiger partial charge in [0, 0.05) is 18.2 Å². The van der Waals surface area contributed by atoms with Gasteiger partial charge in [-0.05, 0) is 31.0 Å². The number of halogens is 1. The van der Waals surface area contributed by atoms with Gasteiger partial charge in [-0.1, -0.05) is 18.2 Å². The zero-order chi connectivity index (χ0) is 13.9. The summed E-state index contributed by atoms with van der Waals surface area (Å²) >= 11 is 0. The van der Waals surface area contributed by atoms with Gasteiger partial charge in [-0.25, -0.2) is 4.39 Å². The third-order valence-electron chi connectivity index (χ3n) is 3.82. The number of rotatable bonds is 6. The maximum atomic E-state index is 14.0. The SMILES string of the molecule is NCC(c1ccccc1F)N(Cc1ccco1)C1CC1. The van der Waals surface area contributed by atoms with E-state index in [-0.39, 0.29) is 11.9 Å². The minimum absolute atomic E-state index is 0.103. The van der Waals surface area contributed by atoms with Crippen molar-refractivity contribution in [3.05, 3.63) is 59.8 Å². The van der Waals surface area contributed by atoms with Crippen LogP contribution in [0.5, 0.6) is 0 Å². The minimum Gasteiger partial charge on any atom is -0.468 e. The van der Waals surface area contributed by atoms with Crippen LogP contribution in [-0.2, 0) is 6.54 Å². The number of hydrogen-bond acceptors (Lipinski definition) is 3. The Morgan fingerprint density at radius 3 is 2.65 bits per heavy atom. The second-order valence-electron chi connectivity index (χ2n) is 5.26. The summed E-state index contributed by atoms with van der Waals surface area (Å²) in [6.45, 7) is 1.08. The van der Waals surface area contributed by atoms with Crippen LogP contribution in [0.15, 0.2) is 47.1 Å². The van der Waals surface area contributed by atoms with Crippen LogP contribution in [0.1, 0.15) is 30.2 Å². The number of nitrogens with zero attached hydrogens (tertiary/aromatic N) is 1. The summed E-state index contributed by atoms with van der Waals surface area (Å²) in [7, 11) is 0. The molecule has 20 heavy (non-hydrogen) atoms. The van der Waals surface area contributed by atoms with E-state index in [1.54, 1.807) is 12.3 Å². The van der Waals surface area contributed by atoms with E-state index in [2.05, 4.69) is 4.90 Å². The maximum absolute atomic E-state index is 14.0. The van der Waals surface area contributed by atoms with Crippen LogP contribution in [0.2, 0.25) is 0 Å². The topological polar surface area (TPSA) is 42.4 Å². The first-order valence-electron chi connectivity index (χ1n) is 7.02. The Bertz CT molecular complexity index is 551. The number of hydrogen-bond donors (Lipinski definition) is 1. The third kappa shape index (κ3) is 2.76. The fourth-order valence-corrected chi connectivity index (χ4v) is 2.67. The molecule has 0 spiro atoms. The highest BCUT2D eigenvalue weighted by atomic mass is 19.1. The molecule has 0 bridgehead atoms. The lowest BCUT2D eigenvalue weighted by molar-refractivity contribution is 0.165. The van der Waals surface area contributed by atoms with Crippen LogP contribution in [0.25, 0.3) is 0 Å². The van der Waals surface area contributed by atoms with Gasteiger partial charge >= 0.3 is 0 Å². The van der Waals surface area contributed by atoms with Crippen LogP contribution >= 0.6 is 0 Å². The lowest BCUT2D eigenvalue weighted by Crippen LogP contribution is -2.35. The van der Waals surface area contributed by atoms with E-state index in [0.29, 0.717) is 24.7 Å². The van der Waals surface area contributed by atoms with Gasteiger partial charge in [-0.3, -0.25) is 4.90 Å². The second-order valence-corrected chi connectivity index (χ2v) is 5.26. The maximum Gasteiger partial charge on any atom is 0.128 e. The van der Waals surface area contributed by atoms with Gasteiger partial charge in [0.1, 0.15) is 11.6 Å². The quantitative estimate of drug-likeness (QED) is 0.880. The Morgan fingerprint density at radius 2 is 2.05 bits per heavy atom. The summed E-state index contributed by atoms with van der Waals surface area (Å²) in [4.78, 5) is 2.26. The van der Waals surface area contributed by atoms with Gasteiger partial charge in [0.05, 0.1) is 18.8 Å². The van der Waals surface area contributed by atoms with Crippen LogP contribution < -0.4 is 5.73 Å². The molecule has 1 saturated carbocycles. The summed E-state index contributed by atoms with van der Waals surface area (Å²) in [5.74, 6) is 0.708. The van der Waals surface area contributed by atoms with Crippen molar-refractivity contribution in [1.29, 1.82) is 0 Å². The highest BCUT2D eigenvalue weighted by molar-refractivity contribution is 5.22. The predicted octanol–water partition coefficient (Wildman–Crippen LogP) is 3.08. The van der Waals surface area contributed by atoms with E-state index in [1.807, 2.05) is 24.3 Å². The number of nitrogens with two attached hydrogens (primary N) is 1. The Kier molecular flexibility index (Phi) is 3.85. The fourth-order valence-electron chi connectivity index (χ4n) is 2.67. The van der Waals surface area contributed by atoms with Gasteiger partial charge in [-0.2, -0.15) is 0 Å². The zero-order valence-electron chi connectivity index (χ0n) is 11.3. The van der Waals surface area contributed by atoms with Crippen molar-refractivity contribution in [3.63, 3.8) is 0 Å². The summed E-state index contributed by atoms with van der Waals surface area (Å²) in [5.41, 5.74) is 6.60. The predicted molar refractivity (Wildman–Crippen MR) is 75.5 cm³/mol. The lowest BCUT2D eigenvalue weighted by atomic mass is 10.0. The molecule has 4 heteroatoms. The van der Waals surface area contributed by atoms with Crippen molar-refractivity contribution in [1.82, 2.24) is 4.90 Å².